The summed E-state index contributed by atoms with van der Waals surface area (Å²) < 4.78 is 5.90. The third-order valence-corrected chi connectivity index (χ3v) is 11.6. The molecule has 34 heavy (non-hydrogen) atoms. The molecule has 3 heteroatoms. The van der Waals surface area contributed by atoms with Crippen LogP contribution in [-0.2, 0) is 9.53 Å². The number of ether oxygens (including phenoxy) is 1. The Kier molecular flexibility index (Phi) is 8.63. The van der Waals surface area contributed by atoms with Crippen molar-refractivity contribution in [3.8, 4) is 0 Å². The summed E-state index contributed by atoms with van der Waals surface area (Å²) in [6.07, 6.45) is 18.6. The number of fused-ring (bicyclic) bond motifs is 5. The van der Waals surface area contributed by atoms with Crippen LogP contribution in [0.25, 0.3) is 0 Å². The van der Waals surface area contributed by atoms with Crippen molar-refractivity contribution < 1.29 is 9.53 Å². The van der Waals surface area contributed by atoms with Crippen molar-refractivity contribution in [3.05, 3.63) is 11.6 Å². The summed E-state index contributed by atoms with van der Waals surface area (Å²) >= 11 is 3.42. The van der Waals surface area contributed by atoms with E-state index in [0.29, 0.717) is 17.3 Å². The van der Waals surface area contributed by atoms with Gasteiger partial charge in [-0.3, -0.25) is 4.79 Å². The second-order valence-corrected chi connectivity index (χ2v) is 14.2. The van der Waals surface area contributed by atoms with Gasteiger partial charge >= 0.3 is 5.97 Å². The van der Waals surface area contributed by atoms with Crippen molar-refractivity contribution in [2.75, 3.05) is 5.33 Å². The van der Waals surface area contributed by atoms with Crippen LogP contribution in [0, 0.1) is 46.3 Å². The van der Waals surface area contributed by atoms with E-state index in [4.69, 9.17) is 4.74 Å². The highest BCUT2D eigenvalue weighted by atomic mass is 79.9. The number of alkyl halides is 1. The summed E-state index contributed by atoms with van der Waals surface area (Å²) in [5.74, 6) is 5.27. The van der Waals surface area contributed by atoms with Gasteiger partial charge in [0.25, 0.3) is 0 Å². The molecule has 0 saturated heterocycles. The van der Waals surface area contributed by atoms with Gasteiger partial charge in [-0.15, -0.1) is 0 Å². The Labute approximate surface area is 218 Å². The number of rotatable bonds is 9. The van der Waals surface area contributed by atoms with Crippen molar-refractivity contribution in [1.29, 1.82) is 0 Å². The average Bonchev–Trinajstić information content (AvgIpc) is 3.15. The van der Waals surface area contributed by atoms with Crippen molar-refractivity contribution in [3.63, 3.8) is 0 Å². The number of hydrogen-bond donors (Lipinski definition) is 0. The normalized spacial score (nSPS) is 40.2. The van der Waals surface area contributed by atoms with Crippen LogP contribution >= 0.6 is 15.9 Å². The number of esters is 1. The second kappa shape index (κ2) is 11.0. The molecular formula is C31H51BrO2. The Balaban J connectivity index is 1.41. The molecule has 194 valence electrons. The molecule has 0 radical (unpaired) electrons. The highest BCUT2D eigenvalue weighted by Crippen LogP contribution is 2.67. The van der Waals surface area contributed by atoms with E-state index in [-0.39, 0.29) is 12.1 Å². The van der Waals surface area contributed by atoms with Crippen LogP contribution in [0.3, 0.4) is 0 Å². The first-order valence-electron chi connectivity index (χ1n) is 14.6. The zero-order valence-electron chi connectivity index (χ0n) is 22.7. The summed E-state index contributed by atoms with van der Waals surface area (Å²) in [7, 11) is 0. The van der Waals surface area contributed by atoms with Gasteiger partial charge in [0.05, 0.1) is 0 Å². The van der Waals surface area contributed by atoms with Gasteiger partial charge in [0.15, 0.2) is 0 Å². The van der Waals surface area contributed by atoms with E-state index in [0.717, 1.165) is 60.1 Å². The third-order valence-electron chi connectivity index (χ3n) is 11.1. The van der Waals surface area contributed by atoms with E-state index in [1.807, 2.05) is 0 Å². The maximum Gasteiger partial charge on any atom is 0.306 e. The second-order valence-electron chi connectivity index (χ2n) is 13.4. The molecule has 0 aromatic carbocycles. The Morgan fingerprint density at radius 1 is 1.06 bits per heavy atom. The Morgan fingerprint density at radius 2 is 1.85 bits per heavy atom. The molecule has 2 nitrogen and oxygen atoms in total. The van der Waals surface area contributed by atoms with Crippen molar-refractivity contribution >= 4 is 21.9 Å². The van der Waals surface area contributed by atoms with Crippen LogP contribution in [0.15, 0.2) is 11.6 Å². The number of allylic oxidation sites excluding steroid dienone is 1. The van der Waals surface area contributed by atoms with Crippen LogP contribution in [0.1, 0.15) is 118 Å². The molecule has 8 atom stereocenters. The molecule has 0 heterocycles. The van der Waals surface area contributed by atoms with Crippen LogP contribution in [0.4, 0.5) is 0 Å². The highest BCUT2D eigenvalue weighted by Gasteiger charge is 2.59. The van der Waals surface area contributed by atoms with Gasteiger partial charge in [0.1, 0.15) is 6.10 Å². The smallest absolute Gasteiger partial charge is 0.306 e. The fraction of sp³-hybridized carbons (Fsp3) is 0.903. The van der Waals surface area contributed by atoms with Gasteiger partial charge in [0, 0.05) is 18.2 Å². The molecule has 0 aromatic heterocycles. The summed E-state index contributed by atoms with van der Waals surface area (Å²) in [5, 5.41) is 0.872. The molecule has 0 N–H and O–H groups in total. The molecule has 0 aromatic rings. The summed E-state index contributed by atoms with van der Waals surface area (Å²) in [6.45, 7) is 12.6. The molecule has 3 fully saturated rings. The number of hydrogen-bond acceptors (Lipinski definition) is 2. The molecular weight excluding hydrogens is 484 g/mol. The quantitative estimate of drug-likeness (QED) is 0.167. The Hall–Kier alpha value is -0.310. The van der Waals surface area contributed by atoms with E-state index < -0.39 is 0 Å². The molecule has 0 amide bonds. The van der Waals surface area contributed by atoms with Crippen molar-refractivity contribution in [2.24, 2.45) is 46.3 Å². The summed E-state index contributed by atoms with van der Waals surface area (Å²) in [5.41, 5.74) is 2.52. The van der Waals surface area contributed by atoms with Crippen LogP contribution in [-0.4, -0.2) is 17.4 Å². The fourth-order valence-electron chi connectivity index (χ4n) is 9.21. The summed E-state index contributed by atoms with van der Waals surface area (Å²) in [6, 6.07) is 0. The molecule has 0 aliphatic heterocycles. The molecule has 4 rings (SSSR count). The highest BCUT2D eigenvalue weighted by molar-refractivity contribution is 9.09. The van der Waals surface area contributed by atoms with Crippen molar-refractivity contribution in [2.45, 2.75) is 124 Å². The number of carbonyl (C=O) groups excluding carboxylic acids is 1. The van der Waals surface area contributed by atoms with Gasteiger partial charge < -0.3 is 4.74 Å². The van der Waals surface area contributed by atoms with E-state index in [9.17, 15) is 4.79 Å². The predicted molar refractivity (Wildman–Crippen MR) is 146 cm³/mol. The van der Waals surface area contributed by atoms with Gasteiger partial charge in [-0.1, -0.05) is 81.5 Å². The molecule has 0 bridgehead atoms. The van der Waals surface area contributed by atoms with E-state index in [1.165, 1.54) is 57.8 Å². The average molecular weight is 536 g/mol. The zero-order chi connectivity index (χ0) is 24.5. The fourth-order valence-corrected chi connectivity index (χ4v) is 9.49. The first-order chi connectivity index (χ1) is 16.2. The standard InChI is InChI=1S/C31H51BrO2/c1-21(2)8-6-9-22(3)26-13-14-27-25-12-11-23-20-24(34-29(33)10-7-19-32)15-17-30(23,4)28(25)16-18-31(26,27)5/h11,21-22,24-28H,6-10,12-20H2,1-5H3/t22-,24+,25+,26-,27+,28+,30+,31-/m1/s1. The maximum absolute atomic E-state index is 12.2. The van der Waals surface area contributed by atoms with Gasteiger partial charge in [-0.25, -0.2) is 0 Å². The predicted octanol–water partition coefficient (Wildman–Crippen LogP) is 9.11. The SMILES string of the molecule is CC(C)CCC[C@@H](C)[C@H]1CC[C@H]2[C@@H]3CC=C4C[C@@H](OC(=O)CCCBr)CC[C@]4(C)[C@H]3CC[C@]12C. The van der Waals surface area contributed by atoms with E-state index in [1.54, 1.807) is 5.57 Å². The first-order valence-corrected chi connectivity index (χ1v) is 15.8. The first kappa shape index (κ1) is 26.7. The lowest BCUT2D eigenvalue weighted by molar-refractivity contribution is -0.151. The lowest BCUT2D eigenvalue weighted by Crippen LogP contribution is -2.51. The minimum absolute atomic E-state index is 0.00437. The van der Waals surface area contributed by atoms with Gasteiger partial charge in [-0.05, 0) is 97.7 Å². The number of carbonyl (C=O) groups is 1. The molecule has 0 unspecified atom stereocenters. The lowest BCUT2D eigenvalue weighted by Gasteiger charge is -2.58. The molecule has 4 aliphatic rings. The third kappa shape index (κ3) is 5.21. The van der Waals surface area contributed by atoms with Crippen molar-refractivity contribution in [1.82, 2.24) is 0 Å². The molecule has 0 spiro atoms. The monoisotopic (exact) mass is 534 g/mol. The maximum atomic E-state index is 12.2. The largest absolute Gasteiger partial charge is 0.462 e. The summed E-state index contributed by atoms with van der Waals surface area (Å²) in [4.78, 5) is 12.2. The van der Waals surface area contributed by atoms with E-state index in [2.05, 4.69) is 56.6 Å². The van der Waals surface area contributed by atoms with E-state index >= 15 is 0 Å². The van der Waals surface area contributed by atoms with Gasteiger partial charge in [0.2, 0.25) is 0 Å². The van der Waals surface area contributed by atoms with Crippen LogP contribution in [0.5, 0.6) is 0 Å². The Morgan fingerprint density at radius 3 is 2.59 bits per heavy atom. The Bertz CT molecular complexity index is 744. The lowest BCUT2D eigenvalue weighted by atomic mass is 9.47. The zero-order valence-corrected chi connectivity index (χ0v) is 24.3. The molecule has 3 saturated carbocycles. The van der Waals surface area contributed by atoms with Gasteiger partial charge in [-0.2, -0.15) is 0 Å². The molecule has 4 aliphatic carbocycles. The number of halogens is 1. The minimum atomic E-state index is -0.00437. The minimum Gasteiger partial charge on any atom is -0.462 e. The van der Waals surface area contributed by atoms with Crippen LogP contribution in [0.2, 0.25) is 0 Å². The van der Waals surface area contributed by atoms with Crippen LogP contribution < -0.4 is 0 Å². The topological polar surface area (TPSA) is 26.3 Å².